The summed E-state index contributed by atoms with van der Waals surface area (Å²) in [4.78, 5) is 26.7. The lowest BCUT2D eigenvalue weighted by Crippen LogP contribution is -2.49. The lowest BCUT2D eigenvalue weighted by Gasteiger charge is -2.35. The van der Waals surface area contributed by atoms with E-state index in [9.17, 15) is 9.90 Å². The van der Waals surface area contributed by atoms with Crippen LogP contribution in [0.5, 0.6) is 0 Å². The molecule has 3 aromatic heterocycles. The summed E-state index contributed by atoms with van der Waals surface area (Å²) in [6.07, 6.45) is 3.59. The van der Waals surface area contributed by atoms with E-state index in [1.165, 1.54) is 10.8 Å². The molecule has 310 valence electrons. The van der Waals surface area contributed by atoms with Gasteiger partial charge in [0.2, 0.25) is 0 Å². The number of aromatic nitrogens is 6. The van der Waals surface area contributed by atoms with Crippen molar-refractivity contribution >= 4 is 88.3 Å². The number of piperazine rings is 1. The summed E-state index contributed by atoms with van der Waals surface area (Å²) in [5, 5.41) is 29.1. The maximum absolute atomic E-state index is 12.5. The number of aliphatic hydroxyl groups is 1. The molecule has 0 spiro atoms. The third-order valence-electron chi connectivity index (χ3n) is 10.4. The van der Waals surface area contributed by atoms with Crippen molar-refractivity contribution in [2.75, 3.05) is 70.0 Å². The number of thioether (sulfide) groups is 1. The molecule has 59 heavy (non-hydrogen) atoms. The fraction of sp³-hybridized carbons (Fsp3) is 0.419. The molecule has 13 nitrogen and oxygen atoms in total. The first-order valence-electron chi connectivity index (χ1n) is 20.3. The van der Waals surface area contributed by atoms with Crippen molar-refractivity contribution in [3.63, 3.8) is 0 Å². The van der Waals surface area contributed by atoms with Gasteiger partial charge in [-0.3, -0.25) is 9.69 Å². The van der Waals surface area contributed by atoms with E-state index in [2.05, 4.69) is 127 Å². The summed E-state index contributed by atoms with van der Waals surface area (Å²) in [6, 6.07) is 20.5. The average Bonchev–Trinajstić information content (AvgIpc) is 3.77. The first kappa shape index (κ1) is 43.0. The molecule has 1 amide bonds. The summed E-state index contributed by atoms with van der Waals surface area (Å²) in [6.45, 7) is 10.4. The summed E-state index contributed by atoms with van der Waals surface area (Å²) < 4.78 is 6.12. The van der Waals surface area contributed by atoms with E-state index < -0.39 is 6.10 Å². The van der Waals surface area contributed by atoms with Crippen molar-refractivity contribution in [1.82, 2.24) is 44.6 Å². The van der Waals surface area contributed by atoms with Gasteiger partial charge in [0.05, 0.1) is 19.2 Å². The summed E-state index contributed by atoms with van der Waals surface area (Å²) in [5.74, 6) is 7.01. The van der Waals surface area contributed by atoms with Crippen LogP contribution < -0.4 is 16.4 Å². The average molecular weight is 946 g/mol. The number of β-amino-alcohol motifs (C(OH)–C–C–N with tert-alkyl or cyclic N) is 1. The highest BCUT2D eigenvalue weighted by Crippen LogP contribution is 2.33. The maximum Gasteiger partial charge on any atom is 0.296 e. The number of nitrogens with zero attached hydrogens (tertiary/aromatic N) is 8. The van der Waals surface area contributed by atoms with Crippen LogP contribution in [0.1, 0.15) is 43.7 Å². The van der Waals surface area contributed by atoms with E-state index >= 15 is 0 Å². The number of benzene rings is 3. The summed E-state index contributed by atoms with van der Waals surface area (Å²) >= 11 is 8.85. The van der Waals surface area contributed by atoms with Crippen LogP contribution in [0, 0.1) is 11.8 Å². The first-order valence-corrected chi connectivity index (χ1v) is 22.9. The van der Waals surface area contributed by atoms with E-state index in [1.807, 2.05) is 24.3 Å². The number of rotatable bonds is 18. The maximum atomic E-state index is 12.5. The van der Waals surface area contributed by atoms with Crippen molar-refractivity contribution in [1.29, 1.82) is 0 Å². The molecule has 1 aliphatic rings. The molecule has 7 rings (SSSR count). The Hall–Kier alpha value is -4.08. The standard InChI is InChI=1S/C43H51Br2N11O2S/c1-2-24-59-43-49-41(48-18-16-46)40-42(50-43)56(52-51-40)27-31-8-6-30(7-9-31)10-15-39(58)47-17-4-3-5-19-53-20-22-54(23-21-53)28-34(57)29-55-37-13-11-32(44)25-35(37)36-26-33(45)12-14-38(36)55/h6-9,11-14,25-26,34,57H,2-5,16-24,27-29,46H2,1H3,(H,47,58)(H,48,49,50). The number of amides is 1. The topological polar surface area (TPSA) is 155 Å². The Morgan fingerprint density at radius 3 is 2.32 bits per heavy atom. The van der Waals surface area contributed by atoms with E-state index in [4.69, 9.17) is 10.7 Å². The van der Waals surface area contributed by atoms with Crippen LogP contribution in [0.4, 0.5) is 5.82 Å². The summed E-state index contributed by atoms with van der Waals surface area (Å²) in [5.41, 5.74) is 11.0. The van der Waals surface area contributed by atoms with Gasteiger partial charge in [-0.05, 0) is 79.9 Å². The highest BCUT2D eigenvalue weighted by atomic mass is 79.9. The Kier molecular flexibility index (Phi) is 15.3. The zero-order chi connectivity index (χ0) is 41.1. The van der Waals surface area contributed by atoms with Crippen LogP contribution in [0.3, 0.4) is 0 Å². The molecule has 3 aromatic carbocycles. The van der Waals surface area contributed by atoms with Crippen molar-refractivity contribution in [3.05, 3.63) is 80.7 Å². The van der Waals surface area contributed by atoms with Gasteiger partial charge in [-0.25, -0.2) is 14.6 Å². The first-order chi connectivity index (χ1) is 28.8. The van der Waals surface area contributed by atoms with Gasteiger partial charge in [0.15, 0.2) is 22.1 Å². The predicted molar refractivity (Wildman–Crippen MR) is 245 cm³/mol. The summed E-state index contributed by atoms with van der Waals surface area (Å²) in [7, 11) is 0. The lowest BCUT2D eigenvalue weighted by atomic mass is 10.1. The Labute approximate surface area is 366 Å². The Balaban J connectivity index is 0.792. The van der Waals surface area contributed by atoms with Gasteiger partial charge >= 0.3 is 0 Å². The second kappa shape index (κ2) is 20.9. The molecule has 5 N–H and O–H groups in total. The van der Waals surface area contributed by atoms with E-state index in [1.54, 1.807) is 16.4 Å². The molecule has 1 fully saturated rings. The van der Waals surface area contributed by atoms with Crippen molar-refractivity contribution in [2.45, 2.75) is 57.0 Å². The molecule has 1 saturated heterocycles. The number of nitrogens with one attached hydrogen (secondary N) is 2. The van der Waals surface area contributed by atoms with Gasteiger partial charge < -0.3 is 30.9 Å². The molecule has 0 radical (unpaired) electrons. The molecule has 0 bridgehead atoms. The smallest absolute Gasteiger partial charge is 0.296 e. The molecule has 1 atom stereocenters. The molecule has 1 aliphatic heterocycles. The third kappa shape index (κ3) is 11.4. The van der Waals surface area contributed by atoms with Crippen LogP contribution in [0.15, 0.2) is 74.8 Å². The largest absolute Gasteiger partial charge is 0.390 e. The van der Waals surface area contributed by atoms with Gasteiger partial charge in [-0.2, -0.15) is 0 Å². The Morgan fingerprint density at radius 1 is 0.915 bits per heavy atom. The van der Waals surface area contributed by atoms with E-state index in [0.29, 0.717) is 61.4 Å². The number of aliphatic hydroxyl groups excluding tert-OH is 1. The molecular formula is C43H51Br2N11O2S. The van der Waals surface area contributed by atoms with Gasteiger partial charge in [-0.1, -0.05) is 80.2 Å². The second-order valence-corrected chi connectivity index (χ2v) is 17.7. The number of carbonyl (C=O) groups excluding carboxylic acids is 1. The number of anilines is 1. The number of hydrogen-bond donors (Lipinski definition) is 4. The molecule has 0 saturated carbocycles. The number of hydrogen-bond acceptors (Lipinski definition) is 11. The number of halogens is 2. The fourth-order valence-corrected chi connectivity index (χ4v) is 8.82. The van der Waals surface area contributed by atoms with E-state index in [-0.39, 0.29) is 5.91 Å². The quantitative estimate of drug-likeness (QED) is 0.0343. The molecular weight excluding hydrogens is 894 g/mol. The van der Waals surface area contributed by atoms with Gasteiger partial charge in [-0.15, -0.1) is 5.10 Å². The zero-order valence-corrected chi connectivity index (χ0v) is 37.3. The lowest BCUT2D eigenvalue weighted by molar-refractivity contribution is -0.115. The van der Waals surface area contributed by atoms with Crippen LogP contribution in [0.2, 0.25) is 0 Å². The highest BCUT2D eigenvalue weighted by molar-refractivity contribution is 9.10. The SMILES string of the molecule is CCCSc1nc(NCCN)c2nnn(Cc3ccc(C#CC(=O)NCCCCCN4CCN(CC(O)Cn5c6ccc(Br)cc6c6cc(Br)ccc65)CC4)cc3)c2n1. The zero-order valence-electron chi connectivity index (χ0n) is 33.3. The molecule has 0 aliphatic carbocycles. The van der Waals surface area contributed by atoms with Gasteiger partial charge in [0.1, 0.15) is 0 Å². The predicted octanol–water partition coefficient (Wildman–Crippen LogP) is 6.09. The normalized spacial score (nSPS) is 14.2. The number of carbonyl (C=O) groups is 1. The van der Waals surface area contributed by atoms with Crippen molar-refractivity contribution in [3.8, 4) is 11.8 Å². The highest BCUT2D eigenvalue weighted by Gasteiger charge is 2.21. The van der Waals surface area contributed by atoms with Crippen LogP contribution >= 0.6 is 43.6 Å². The monoisotopic (exact) mass is 943 g/mol. The molecule has 16 heteroatoms. The molecule has 6 aromatic rings. The van der Waals surface area contributed by atoms with Crippen LogP contribution in [-0.2, 0) is 17.9 Å². The van der Waals surface area contributed by atoms with Gasteiger partial charge in [0.25, 0.3) is 5.91 Å². The Morgan fingerprint density at radius 2 is 1.63 bits per heavy atom. The molecule has 4 heterocycles. The minimum atomic E-state index is -0.468. The van der Waals surface area contributed by atoms with E-state index in [0.717, 1.165) is 95.3 Å². The number of nitrogens with two attached hydrogens (primary N) is 1. The van der Waals surface area contributed by atoms with Gasteiger partial charge in [0, 0.05) is 100 Å². The second-order valence-electron chi connectivity index (χ2n) is 14.8. The van der Waals surface area contributed by atoms with Crippen LogP contribution in [-0.4, -0.2) is 121 Å². The Bertz CT molecular complexity index is 2360. The molecule has 1 unspecified atom stereocenters. The third-order valence-corrected chi connectivity index (χ3v) is 12.4. The number of unbranched alkanes of at least 4 members (excludes halogenated alkanes) is 2. The number of fused-ring (bicyclic) bond motifs is 4. The van der Waals surface area contributed by atoms with Crippen LogP contribution in [0.25, 0.3) is 33.0 Å². The minimum absolute atomic E-state index is 0.267. The fourth-order valence-electron chi connectivity index (χ4n) is 7.40. The van der Waals surface area contributed by atoms with Crippen molar-refractivity contribution < 1.29 is 9.90 Å². The minimum Gasteiger partial charge on any atom is -0.390 e. The van der Waals surface area contributed by atoms with Crippen molar-refractivity contribution in [2.24, 2.45) is 5.73 Å².